The van der Waals surface area contributed by atoms with Crippen LogP contribution in [0, 0.1) is 4.77 Å². The van der Waals surface area contributed by atoms with Crippen LogP contribution in [0.2, 0.25) is 5.02 Å². The number of nitrogens with zero attached hydrogens (tertiary/aromatic N) is 1. The number of nitrogens with one attached hydrogen (secondary N) is 1. The molecule has 0 amide bonds. The first-order chi connectivity index (χ1) is 8.75. The van der Waals surface area contributed by atoms with Crippen molar-refractivity contribution < 1.29 is 0 Å². The molecule has 0 aliphatic carbocycles. The molecule has 1 aromatic heterocycles. The number of imidazole rings is 1. The largest absolute Gasteiger partial charge is 0.329 e. The van der Waals surface area contributed by atoms with Crippen molar-refractivity contribution in [3.05, 3.63) is 28.0 Å². The number of rotatable bonds is 2. The molecular weight excluding hydrogens is 284 g/mol. The number of benzene rings is 1. The molecule has 0 spiro atoms. The fraction of sp³-hybridized carbons (Fsp3) is 0.462. The monoisotopic (exact) mass is 298 g/mol. The van der Waals surface area contributed by atoms with Gasteiger partial charge >= 0.3 is 0 Å². The number of hydrogen-bond acceptors (Lipinski definition) is 2. The molecule has 96 valence electrons. The number of aromatic amines is 1. The molecule has 0 radical (unpaired) electrons. The van der Waals surface area contributed by atoms with Crippen molar-refractivity contribution >= 4 is 46.6 Å². The van der Waals surface area contributed by atoms with Gasteiger partial charge in [-0.25, -0.2) is 0 Å². The maximum Gasteiger partial charge on any atom is 0.178 e. The lowest BCUT2D eigenvalue weighted by molar-refractivity contribution is 0.588. The van der Waals surface area contributed by atoms with Gasteiger partial charge in [-0.05, 0) is 42.9 Å². The van der Waals surface area contributed by atoms with Crippen molar-refractivity contribution in [3.8, 4) is 0 Å². The van der Waals surface area contributed by atoms with E-state index < -0.39 is 0 Å². The lowest BCUT2D eigenvalue weighted by Crippen LogP contribution is -2.16. The van der Waals surface area contributed by atoms with E-state index in [1.807, 2.05) is 12.1 Å². The van der Waals surface area contributed by atoms with Crippen molar-refractivity contribution in [2.45, 2.75) is 31.1 Å². The van der Waals surface area contributed by atoms with Crippen LogP contribution in [0.15, 0.2) is 18.2 Å². The Kier molecular flexibility index (Phi) is 3.68. The van der Waals surface area contributed by atoms with Crippen LogP contribution in [0.3, 0.4) is 0 Å². The Morgan fingerprint density at radius 2 is 2.33 bits per heavy atom. The van der Waals surface area contributed by atoms with E-state index in [1.54, 1.807) is 0 Å². The molecule has 1 N–H and O–H groups in total. The van der Waals surface area contributed by atoms with Crippen LogP contribution in [-0.4, -0.2) is 20.6 Å². The zero-order valence-electron chi connectivity index (χ0n) is 9.99. The lowest BCUT2D eigenvalue weighted by atomic mass is 10.2. The molecule has 18 heavy (non-hydrogen) atoms. The van der Waals surface area contributed by atoms with Crippen LogP contribution in [0.5, 0.6) is 0 Å². The second kappa shape index (κ2) is 5.27. The fourth-order valence-electron chi connectivity index (χ4n) is 2.48. The lowest BCUT2D eigenvalue weighted by Gasteiger charge is -2.21. The Bertz CT molecular complexity index is 611. The highest BCUT2D eigenvalue weighted by molar-refractivity contribution is 7.99. The van der Waals surface area contributed by atoms with Crippen LogP contribution < -0.4 is 0 Å². The Labute approximate surface area is 121 Å². The highest BCUT2D eigenvalue weighted by Gasteiger charge is 2.16. The summed E-state index contributed by atoms with van der Waals surface area (Å²) in [7, 11) is 0. The highest BCUT2D eigenvalue weighted by Crippen LogP contribution is 2.29. The Morgan fingerprint density at radius 1 is 1.44 bits per heavy atom. The van der Waals surface area contributed by atoms with E-state index in [0.29, 0.717) is 5.25 Å². The Hall–Kier alpha value is -0.450. The number of fused-ring (bicyclic) bond motifs is 1. The van der Waals surface area contributed by atoms with Crippen LogP contribution in [0.1, 0.15) is 19.3 Å². The Morgan fingerprint density at radius 3 is 3.11 bits per heavy atom. The molecule has 1 saturated heterocycles. The van der Waals surface area contributed by atoms with E-state index in [-0.39, 0.29) is 0 Å². The standard InChI is InChI=1S/C13H15ClN2S2/c14-10-5-3-6-11-12(10)15-13(17)16(11)8-9-4-1-2-7-18-9/h3,5-6,9H,1-2,4,7-8H2,(H,15,17). The molecule has 5 heteroatoms. The van der Waals surface area contributed by atoms with E-state index in [0.717, 1.165) is 27.4 Å². The summed E-state index contributed by atoms with van der Waals surface area (Å²) in [5, 5.41) is 1.43. The van der Waals surface area contributed by atoms with E-state index in [9.17, 15) is 0 Å². The van der Waals surface area contributed by atoms with Crippen molar-refractivity contribution in [3.63, 3.8) is 0 Å². The minimum Gasteiger partial charge on any atom is -0.329 e. The first kappa shape index (κ1) is 12.6. The fourth-order valence-corrected chi connectivity index (χ4v) is 4.27. The molecule has 1 atom stereocenters. The predicted molar refractivity (Wildman–Crippen MR) is 82.2 cm³/mol. The summed E-state index contributed by atoms with van der Waals surface area (Å²) in [4.78, 5) is 3.22. The molecule has 1 fully saturated rings. The third-order valence-corrected chi connectivity index (χ3v) is 5.44. The summed E-state index contributed by atoms with van der Waals surface area (Å²) in [5.74, 6) is 1.28. The highest BCUT2D eigenvalue weighted by atomic mass is 35.5. The maximum atomic E-state index is 6.19. The zero-order chi connectivity index (χ0) is 12.5. The molecule has 1 aliphatic rings. The minimum atomic E-state index is 0.684. The van der Waals surface area contributed by atoms with Gasteiger partial charge in [-0.15, -0.1) is 0 Å². The minimum absolute atomic E-state index is 0.684. The summed E-state index contributed by atoms with van der Waals surface area (Å²) in [6.45, 7) is 0.990. The van der Waals surface area contributed by atoms with E-state index in [2.05, 4.69) is 27.4 Å². The number of hydrogen-bond donors (Lipinski definition) is 1. The van der Waals surface area contributed by atoms with Crippen LogP contribution in [0.25, 0.3) is 11.0 Å². The normalized spacial score (nSPS) is 20.4. The van der Waals surface area contributed by atoms with Gasteiger partial charge in [-0.3, -0.25) is 0 Å². The molecule has 0 bridgehead atoms. The van der Waals surface area contributed by atoms with Crippen LogP contribution in [-0.2, 0) is 6.54 Å². The summed E-state index contributed by atoms with van der Waals surface area (Å²) in [6.07, 6.45) is 3.99. The molecule has 1 unspecified atom stereocenters. The third-order valence-electron chi connectivity index (χ3n) is 3.42. The first-order valence-electron chi connectivity index (χ1n) is 6.24. The summed E-state index contributed by atoms with van der Waals surface area (Å²) >= 11 is 13.7. The first-order valence-corrected chi connectivity index (χ1v) is 8.08. The molecule has 3 rings (SSSR count). The molecular formula is C13H15ClN2S2. The molecule has 2 heterocycles. The quantitative estimate of drug-likeness (QED) is 0.815. The van der Waals surface area contributed by atoms with Crippen molar-refractivity contribution in [1.82, 2.24) is 9.55 Å². The van der Waals surface area contributed by atoms with Crippen molar-refractivity contribution in [2.24, 2.45) is 0 Å². The van der Waals surface area contributed by atoms with Gasteiger partial charge in [0.15, 0.2) is 4.77 Å². The third kappa shape index (κ3) is 2.33. The number of halogens is 1. The van der Waals surface area contributed by atoms with E-state index in [1.165, 1.54) is 25.0 Å². The summed E-state index contributed by atoms with van der Waals surface area (Å²) < 4.78 is 2.98. The van der Waals surface area contributed by atoms with Gasteiger partial charge in [0, 0.05) is 11.8 Å². The molecule has 0 saturated carbocycles. The molecule has 1 aliphatic heterocycles. The number of aromatic nitrogens is 2. The second-order valence-corrected chi connectivity index (χ2v) is 6.87. The van der Waals surface area contributed by atoms with Gasteiger partial charge in [0.2, 0.25) is 0 Å². The van der Waals surface area contributed by atoms with Crippen LogP contribution >= 0.6 is 35.6 Å². The Balaban J connectivity index is 1.98. The molecule has 1 aromatic carbocycles. The van der Waals surface area contributed by atoms with Gasteiger partial charge in [0.1, 0.15) is 0 Å². The number of thioether (sulfide) groups is 1. The predicted octanol–water partition coefficient (Wildman–Crippen LogP) is 4.64. The number of H-pyrrole nitrogens is 1. The smallest absolute Gasteiger partial charge is 0.178 e. The van der Waals surface area contributed by atoms with Gasteiger partial charge < -0.3 is 9.55 Å². The second-order valence-electron chi connectivity index (χ2n) is 4.66. The maximum absolute atomic E-state index is 6.19. The molecule has 2 aromatic rings. The van der Waals surface area contributed by atoms with Crippen LogP contribution in [0.4, 0.5) is 0 Å². The average Bonchev–Trinajstić information content (AvgIpc) is 2.70. The number of para-hydroxylation sites is 1. The average molecular weight is 299 g/mol. The SMILES string of the molecule is S=c1[nH]c2c(Cl)cccc2n1CC1CCCCS1. The van der Waals surface area contributed by atoms with E-state index in [4.69, 9.17) is 23.8 Å². The van der Waals surface area contributed by atoms with Crippen molar-refractivity contribution in [1.29, 1.82) is 0 Å². The zero-order valence-corrected chi connectivity index (χ0v) is 12.4. The van der Waals surface area contributed by atoms with Gasteiger partial charge in [0.25, 0.3) is 0 Å². The molecule has 2 nitrogen and oxygen atoms in total. The van der Waals surface area contributed by atoms with Gasteiger partial charge in [-0.2, -0.15) is 11.8 Å². The van der Waals surface area contributed by atoms with E-state index >= 15 is 0 Å². The summed E-state index contributed by atoms with van der Waals surface area (Å²) in [5.41, 5.74) is 2.09. The topological polar surface area (TPSA) is 20.7 Å². The van der Waals surface area contributed by atoms with Gasteiger partial charge in [-0.1, -0.05) is 24.1 Å². The van der Waals surface area contributed by atoms with Gasteiger partial charge in [0.05, 0.1) is 16.1 Å². The van der Waals surface area contributed by atoms with Crippen molar-refractivity contribution in [2.75, 3.05) is 5.75 Å². The summed E-state index contributed by atoms with van der Waals surface area (Å²) in [6, 6.07) is 5.97.